The largest absolute Gasteiger partial charge is 0.496 e. The van der Waals surface area contributed by atoms with Crippen molar-refractivity contribution in [2.75, 3.05) is 33.3 Å². The van der Waals surface area contributed by atoms with Crippen LogP contribution >= 0.6 is 0 Å². The summed E-state index contributed by atoms with van der Waals surface area (Å²) in [6.07, 6.45) is 3.14. The first-order chi connectivity index (χ1) is 12.1. The summed E-state index contributed by atoms with van der Waals surface area (Å²) in [4.78, 5) is 32.3. The highest BCUT2D eigenvalue weighted by Gasteiger charge is 2.27. The van der Waals surface area contributed by atoms with E-state index in [1.54, 1.807) is 28.1 Å². The summed E-state index contributed by atoms with van der Waals surface area (Å²) >= 11 is 0. The molecular weight excluding hydrogens is 325 g/mol. The van der Waals surface area contributed by atoms with Gasteiger partial charge in [-0.1, -0.05) is 0 Å². The third-order valence-corrected chi connectivity index (χ3v) is 4.15. The van der Waals surface area contributed by atoms with Crippen LogP contribution in [0.15, 0.2) is 42.7 Å². The van der Waals surface area contributed by atoms with Gasteiger partial charge in [-0.25, -0.2) is 4.39 Å². The number of ether oxygens (including phenoxy) is 1. The van der Waals surface area contributed by atoms with Crippen molar-refractivity contribution in [3.63, 3.8) is 0 Å². The molecule has 1 fully saturated rings. The van der Waals surface area contributed by atoms with Crippen LogP contribution < -0.4 is 4.74 Å². The van der Waals surface area contributed by atoms with Crippen LogP contribution in [0.5, 0.6) is 5.75 Å². The number of halogens is 1. The number of rotatable bonds is 3. The summed E-state index contributed by atoms with van der Waals surface area (Å²) in [7, 11) is 1.44. The molecule has 0 bridgehead atoms. The zero-order valence-electron chi connectivity index (χ0n) is 13.8. The molecule has 0 aliphatic carbocycles. The van der Waals surface area contributed by atoms with Gasteiger partial charge in [0.2, 0.25) is 0 Å². The monoisotopic (exact) mass is 343 g/mol. The highest BCUT2D eigenvalue weighted by molar-refractivity contribution is 5.97. The number of aromatic nitrogens is 1. The van der Waals surface area contributed by atoms with Gasteiger partial charge in [0.1, 0.15) is 11.6 Å². The number of methoxy groups -OCH3 is 1. The molecule has 1 aliphatic rings. The predicted octanol–water partition coefficient (Wildman–Crippen LogP) is 1.83. The summed E-state index contributed by atoms with van der Waals surface area (Å²) in [5, 5.41) is 0. The number of pyridine rings is 1. The summed E-state index contributed by atoms with van der Waals surface area (Å²) in [5.41, 5.74) is 0.712. The first-order valence-electron chi connectivity index (χ1n) is 7.92. The van der Waals surface area contributed by atoms with Gasteiger partial charge < -0.3 is 14.5 Å². The molecule has 0 saturated carbocycles. The van der Waals surface area contributed by atoms with Crippen molar-refractivity contribution in [1.29, 1.82) is 0 Å². The van der Waals surface area contributed by atoms with Crippen LogP contribution in [-0.4, -0.2) is 59.9 Å². The summed E-state index contributed by atoms with van der Waals surface area (Å²) in [6, 6.07) is 7.28. The molecule has 25 heavy (non-hydrogen) atoms. The number of amides is 2. The molecule has 7 heteroatoms. The molecule has 1 aromatic heterocycles. The summed E-state index contributed by atoms with van der Waals surface area (Å²) in [6.45, 7) is 1.59. The lowest BCUT2D eigenvalue weighted by Crippen LogP contribution is -2.50. The molecule has 2 aromatic rings. The molecule has 0 spiro atoms. The van der Waals surface area contributed by atoms with Crippen molar-refractivity contribution in [3.8, 4) is 5.75 Å². The molecule has 2 heterocycles. The summed E-state index contributed by atoms with van der Waals surface area (Å²) in [5.74, 6) is -0.567. The molecule has 0 N–H and O–H groups in total. The second-order valence-corrected chi connectivity index (χ2v) is 5.67. The minimum Gasteiger partial charge on any atom is -0.496 e. The SMILES string of the molecule is COc1ccc(F)cc1C(=O)N1CCN(C(=O)c2cccnc2)CC1. The van der Waals surface area contributed by atoms with Crippen LogP contribution in [0.2, 0.25) is 0 Å². The Morgan fingerprint density at radius 2 is 1.76 bits per heavy atom. The molecule has 2 amide bonds. The van der Waals surface area contributed by atoms with Gasteiger partial charge in [0.25, 0.3) is 11.8 Å². The van der Waals surface area contributed by atoms with Crippen LogP contribution in [0.4, 0.5) is 4.39 Å². The smallest absolute Gasteiger partial charge is 0.257 e. The zero-order valence-corrected chi connectivity index (χ0v) is 13.8. The number of hydrogen-bond acceptors (Lipinski definition) is 4. The van der Waals surface area contributed by atoms with Crippen molar-refractivity contribution in [2.24, 2.45) is 0 Å². The first-order valence-corrected chi connectivity index (χ1v) is 7.92. The van der Waals surface area contributed by atoms with E-state index in [0.29, 0.717) is 37.5 Å². The van der Waals surface area contributed by atoms with Crippen LogP contribution in [0.25, 0.3) is 0 Å². The highest BCUT2D eigenvalue weighted by atomic mass is 19.1. The van der Waals surface area contributed by atoms with Crippen LogP contribution in [-0.2, 0) is 0 Å². The molecule has 130 valence electrons. The Bertz CT molecular complexity index is 774. The van der Waals surface area contributed by atoms with Gasteiger partial charge in [-0.05, 0) is 30.3 Å². The van der Waals surface area contributed by atoms with E-state index in [-0.39, 0.29) is 17.4 Å². The van der Waals surface area contributed by atoms with Crippen molar-refractivity contribution in [2.45, 2.75) is 0 Å². The Morgan fingerprint density at radius 3 is 2.36 bits per heavy atom. The van der Waals surface area contributed by atoms with Crippen LogP contribution in [0, 0.1) is 5.82 Å². The van der Waals surface area contributed by atoms with Gasteiger partial charge in [-0.2, -0.15) is 0 Å². The van der Waals surface area contributed by atoms with E-state index in [0.717, 1.165) is 0 Å². The van der Waals surface area contributed by atoms with Gasteiger partial charge in [0.05, 0.1) is 18.2 Å². The molecule has 6 nitrogen and oxygen atoms in total. The minimum atomic E-state index is -0.491. The normalized spacial score (nSPS) is 14.3. The molecule has 3 rings (SSSR count). The number of benzene rings is 1. The second kappa shape index (κ2) is 7.29. The Labute approximate surface area is 144 Å². The Kier molecular flexibility index (Phi) is 4.92. The van der Waals surface area contributed by atoms with Crippen molar-refractivity contribution in [1.82, 2.24) is 14.8 Å². The van der Waals surface area contributed by atoms with Crippen molar-refractivity contribution in [3.05, 3.63) is 59.7 Å². The topological polar surface area (TPSA) is 62.7 Å². The number of carbonyl (C=O) groups is 2. The predicted molar refractivity (Wildman–Crippen MR) is 89.0 cm³/mol. The number of nitrogens with zero attached hydrogens (tertiary/aromatic N) is 3. The Hall–Kier alpha value is -2.96. The number of hydrogen-bond donors (Lipinski definition) is 0. The first kappa shape index (κ1) is 16.9. The van der Waals surface area contributed by atoms with Crippen LogP contribution in [0.1, 0.15) is 20.7 Å². The molecule has 0 atom stereocenters. The maximum atomic E-state index is 13.5. The molecular formula is C18H18FN3O3. The van der Waals surface area contributed by atoms with Crippen LogP contribution in [0.3, 0.4) is 0 Å². The molecule has 1 saturated heterocycles. The Morgan fingerprint density at radius 1 is 1.08 bits per heavy atom. The summed E-state index contributed by atoms with van der Waals surface area (Å²) < 4.78 is 18.6. The Balaban J connectivity index is 1.67. The van der Waals surface area contributed by atoms with E-state index in [9.17, 15) is 14.0 Å². The van der Waals surface area contributed by atoms with E-state index in [1.807, 2.05) is 0 Å². The van der Waals surface area contributed by atoms with Gasteiger partial charge in [-0.15, -0.1) is 0 Å². The van der Waals surface area contributed by atoms with Gasteiger partial charge in [0, 0.05) is 38.6 Å². The quantitative estimate of drug-likeness (QED) is 0.853. The maximum absolute atomic E-state index is 13.5. The highest BCUT2D eigenvalue weighted by Crippen LogP contribution is 2.22. The lowest BCUT2D eigenvalue weighted by molar-refractivity contribution is 0.0533. The van der Waals surface area contributed by atoms with Crippen molar-refractivity contribution >= 4 is 11.8 Å². The van der Waals surface area contributed by atoms with E-state index in [1.165, 1.54) is 31.5 Å². The molecule has 1 aliphatic heterocycles. The average Bonchev–Trinajstić information content (AvgIpc) is 2.67. The fourth-order valence-electron chi connectivity index (χ4n) is 2.80. The molecule has 0 radical (unpaired) electrons. The van der Waals surface area contributed by atoms with Crippen molar-refractivity contribution < 1.29 is 18.7 Å². The number of carbonyl (C=O) groups excluding carboxylic acids is 2. The fourth-order valence-corrected chi connectivity index (χ4v) is 2.80. The van der Waals surface area contributed by atoms with E-state index < -0.39 is 5.82 Å². The molecule has 0 unspecified atom stereocenters. The lowest BCUT2D eigenvalue weighted by atomic mass is 10.1. The average molecular weight is 343 g/mol. The lowest BCUT2D eigenvalue weighted by Gasteiger charge is -2.35. The third kappa shape index (κ3) is 3.60. The van der Waals surface area contributed by atoms with Gasteiger partial charge in [0.15, 0.2) is 0 Å². The number of piperazine rings is 1. The van der Waals surface area contributed by atoms with E-state index in [2.05, 4.69) is 4.98 Å². The van der Waals surface area contributed by atoms with Gasteiger partial charge in [-0.3, -0.25) is 14.6 Å². The zero-order chi connectivity index (χ0) is 17.8. The fraction of sp³-hybridized carbons (Fsp3) is 0.278. The minimum absolute atomic E-state index is 0.108. The molecule has 1 aromatic carbocycles. The van der Waals surface area contributed by atoms with E-state index >= 15 is 0 Å². The standard InChI is InChI=1S/C18H18FN3O3/c1-25-16-5-4-14(19)11-15(16)18(24)22-9-7-21(8-10-22)17(23)13-3-2-6-20-12-13/h2-6,11-12H,7-10H2,1H3. The van der Waals surface area contributed by atoms with E-state index in [4.69, 9.17) is 4.74 Å². The third-order valence-electron chi connectivity index (χ3n) is 4.15. The van der Waals surface area contributed by atoms with Gasteiger partial charge >= 0.3 is 0 Å². The maximum Gasteiger partial charge on any atom is 0.257 e. The second-order valence-electron chi connectivity index (χ2n) is 5.67.